The van der Waals surface area contributed by atoms with Crippen LogP contribution in [0.4, 0.5) is 5.69 Å². The number of ether oxygens (including phenoxy) is 2. The SMILES string of the molecule is CCOc1ccc(N2CCOC(CO)C2)cc1. The van der Waals surface area contributed by atoms with E-state index in [1.165, 1.54) is 0 Å². The van der Waals surface area contributed by atoms with Crippen molar-refractivity contribution in [1.29, 1.82) is 0 Å². The average Bonchev–Trinajstić information content (AvgIpc) is 2.40. The number of morpholine rings is 1. The fourth-order valence-electron chi connectivity index (χ4n) is 1.98. The van der Waals surface area contributed by atoms with Crippen LogP contribution in [0.15, 0.2) is 24.3 Å². The zero-order valence-corrected chi connectivity index (χ0v) is 10.1. The van der Waals surface area contributed by atoms with Crippen LogP contribution in [0.25, 0.3) is 0 Å². The molecule has 0 amide bonds. The van der Waals surface area contributed by atoms with Crippen molar-refractivity contribution in [3.05, 3.63) is 24.3 Å². The Labute approximate surface area is 102 Å². The Bertz CT molecular complexity index is 339. The predicted octanol–water partition coefficient (Wildman–Crippen LogP) is 1.28. The molecule has 1 aliphatic heterocycles. The molecule has 1 aliphatic rings. The van der Waals surface area contributed by atoms with E-state index in [-0.39, 0.29) is 12.7 Å². The molecule has 94 valence electrons. The van der Waals surface area contributed by atoms with Gasteiger partial charge in [0.15, 0.2) is 0 Å². The molecule has 0 bridgehead atoms. The topological polar surface area (TPSA) is 41.9 Å². The molecule has 0 spiro atoms. The molecular weight excluding hydrogens is 218 g/mol. The van der Waals surface area contributed by atoms with Crippen LogP contribution >= 0.6 is 0 Å². The van der Waals surface area contributed by atoms with E-state index in [1.807, 2.05) is 31.2 Å². The fraction of sp³-hybridized carbons (Fsp3) is 0.538. The number of hydrogen-bond donors (Lipinski definition) is 1. The molecule has 4 heteroatoms. The van der Waals surface area contributed by atoms with E-state index < -0.39 is 0 Å². The van der Waals surface area contributed by atoms with Crippen molar-refractivity contribution in [2.24, 2.45) is 0 Å². The Hall–Kier alpha value is -1.26. The molecule has 0 aliphatic carbocycles. The van der Waals surface area contributed by atoms with Crippen molar-refractivity contribution < 1.29 is 14.6 Å². The second-order valence-electron chi connectivity index (χ2n) is 4.05. The molecule has 1 aromatic rings. The maximum absolute atomic E-state index is 9.10. The number of aliphatic hydroxyl groups is 1. The maximum atomic E-state index is 9.10. The Kier molecular flexibility index (Phi) is 4.23. The van der Waals surface area contributed by atoms with Crippen molar-refractivity contribution in [2.75, 3.05) is 37.8 Å². The molecule has 0 radical (unpaired) electrons. The van der Waals surface area contributed by atoms with Crippen LogP contribution in [0.2, 0.25) is 0 Å². The number of hydrogen-bond acceptors (Lipinski definition) is 4. The molecule has 1 unspecified atom stereocenters. The van der Waals surface area contributed by atoms with Crippen LogP contribution in [0, 0.1) is 0 Å². The second kappa shape index (κ2) is 5.89. The quantitative estimate of drug-likeness (QED) is 0.856. The van der Waals surface area contributed by atoms with E-state index in [4.69, 9.17) is 14.6 Å². The molecule has 17 heavy (non-hydrogen) atoms. The van der Waals surface area contributed by atoms with Crippen molar-refractivity contribution in [3.8, 4) is 5.75 Å². The number of nitrogens with zero attached hydrogens (tertiary/aromatic N) is 1. The number of aliphatic hydroxyl groups excluding tert-OH is 1. The summed E-state index contributed by atoms with van der Waals surface area (Å²) in [6, 6.07) is 8.04. The summed E-state index contributed by atoms with van der Waals surface area (Å²) in [5, 5.41) is 9.10. The highest BCUT2D eigenvalue weighted by molar-refractivity contribution is 5.49. The molecule has 4 nitrogen and oxygen atoms in total. The van der Waals surface area contributed by atoms with Gasteiger partial charge in [0.25, 0.3) is 0 Å². The lowest BCUT2D eigenvalue weighted by atomic mass is 10.2. The summed E-state index contributed by atoms with van der Waals surface area (Å²) in [5.41, 5.74) is 1.15. The molecule has 2 rings (SSSR count). The molecule has 1 atom stereocenters. The molecule has 1 aromatic carbocycles. The Morgan fingerprint density at radius 3 is 2.82 bits per heavy atom. The minimum atomic E-state index is -0.0738. The van der Waals surface area contributed by atoms with Crippen LogP contribution in [-0.2, 0) is 4.74 Å². The minimum absolute atomic E-state index is 0.0738. The van der Waals surface area contributed by atoms with E-state index in [0.717, 1.165) is 24.5 Å². The summed E-state index contributed by atoms with van der Waals surface area (Å²) in [4.78, 5) is 2.22. The second-order valence-corrected chi connectivity index (χ2v) is 4.05. The van der Waals surface area contributed by atoms with Gasteiger partial charge in [0.05, 0.1) is 25.9 Å². The Morgan fingerprint density at radius 1 is 1.41 bits per heavy atom. The first kappa shape index (κ1) is 12.2. The van der Waals surface area contributed by atoms with Gasteiger partial charge in [-0.1, -0.05) is 0 Å². The van der Waals surface area contributed by atoms with Crippen LogP contribution in [0.1, 0.15) is 6.92 Å². The van der Waals surface area contributed by atoms with Crippen molar-refractivity contribution in [3.63, 3.8) is 0 Å². The van der Waals surface area contributed by atoms with Crippen molar-refractivity contribution >= 4 is 5.69 Å². The molecule has 1 heterocycles. The lowest BCUT2D eigenvalue weighted by Gasteiger charge is -2.33. The summed E-state index contributed by atoms with van der Waals surface area (Å²) in [6.07, 6.45) is -0.0738. The van der Waals surface area contributed by atoms with Gasteiger partial charge in [-0.25, -0.2) is 0 Å². The monoisotopic (exact) mass is 237 g/mol. The summed E-state index contributed by atoms with van der Waals surface area (Å²) in [6.45, 7) is 5.01. The first-order chi connectivity index (χ1) is 8.33. The third kappa shape index (κ3) is 3.11. The van der Waals surface area contributed by atoms with Gasteiger partial charge in [-0.15, -0.1) is 0 Å². The molecule has 1 N–H and O–H groups in total. The Morgan fingerprint density at radius 2 is 2.18 bits per heavy atom. The van der Waals surface area contributed by atoms with Gasteiger partial charge in [-0.2, -0.15) is 0 Å². The molecular formula is C13H19NO3. The maximum Gasteiger partial charge on any atom is 0.119 e. The third-order valence-electron chi connectivity index (χ3n) is 2.86. The van der Waals surface area contributed by atoms with Gasteiger partial charge in [-0.05, 0) is 31.2 Å². The van der Waals surface area contributed by atoms with Gasteiger partial charge in [0.1, 0.15) is 5.75 Å². The van der Waals surface area contributed by atoms with Crippen molar-refractivity contribution in [2.45, 2.75) is 13.0 Å². The molecule has 0 saturated carbocycles. The lowest BCUT2D eigenvalue weighted by molar-refractivity contribution is 0.00357. The number of rotatable bonds is 4. The standard InChI is InChI=1S/C13H19NO3/c1-2-16-12-5-3-11(4-6-12)14-7-8-17-13(9-14)10-15/h3-6,13,15H,2,7-10H2,1H3. The van der Waals surface area contributed by atoms with Gasteiger partial charge < -0.3 is 19.5 Å². The van der Waals surface area contributed by atoms with Crippen LogP contribution < -0.4 is 9.64 Å². The molecule has 0 aromatic heterocycles. The zero-order chi connectivity index (χ0) is 12.1. The summed E-state index contributed by atoms with van der Waals surface area (Å²) < 4.78 is 10.8. The van der Waals surface area contributed by atoms with Gasteiger partial charge in [0.2, 0.25) is 0 Å². The van der Waals surface area contributed by atoms with Crippen LogP contribution in [0.5, 0.6) is 5.75 Å². The predicted molar refractivity (Wildman–Crippen MR) is 66.6 cm³/mol. The first-order valence-corrected chi connectivity index (χ1v) is 6.03. The van der Waals surface area contributed by atoms with Gasteiger partial charge in [0, 0.05) is 18.8 Å². The normalized spacial score (nSPS) is 20.4. The van der Waals surface area contributed by atoms with E-state index >= 15 is 0 Å². The first-order valence-electron chi connectivity index (χ1n) is 6.03. The largest absolute Gasteiger partial charge is 0.494 e. The van der Waals surface area contributed by atoms with Crippen molar-refractivity contribution in [1.82, 2.24) is 0 Å². The van der Waals surface area contributed by atoms with Gasteiger partial charge >= 0.3 is 0 Å². The highest BCUT2D eigenvalue weighted by atomic mass is 16.5. The molecule has 1 saturated heterocycles. The van der Waals surface area contributed by atoms with E-state index in [1.54, 1.807) is 0 Å². The third-order valence-corrected chi connectivity index (χ3v) is 2.86. The average molecular weight is 237 g/mol. The highest BCUT2D eigenvalue weighted by Gasteiger charge is 2.19. The highest BCUT2D eigenvalue weighted by Crippen LogP contribution is 2.21. The van der Waals surface area contributed by atoms with Gasteiger partial charge in [-0.3, -0.25) is 0 Å². The van der Waals surface area contributed by atoms with E-state index in [2.05, 4.69) is 4.90 Å². The van der Waals surface area contributed by atoms with Crippen LogP contribution in [0.3, 0.4) is 0 Å². The zero-order valence-electron chi connectivity index (χ0n) is 10.1. The number of anilines is 1. The van der Waals surface area contributed by atoms with E-state index in [0.29, 0.717) is 13.2 Å². The fourth-order valence-corrected chi connectivity index (χ4v) is 1.98. The van der Waals surface area contributed by atoms with E-state index in [9.17, 15) is 0 Å². The van der Waals surface area contributed by atoms with Crippen LogP contribution in [-0.4, -0.2) is 44.1 Å². The summed E-state index contributed by atoms with van der Waals surface area (Å²) in [7, 11) is 0. The minimum Gasteiger partial charge on any atom is -0.494 e. The number of benzene rings is 1. The smallest absolute Gasteiger partial charge is 0.119 e. The molecule has 1 fully saturated rings. The summed E-state index contributed by atoms with van der Waals surface area (Å²) >= 11 is 0. The Balaban J connectivity index is 2.01. The lowest BCUT2D eigenvalue weighted by Crippen LogP contribution is -2.44. The summed E-state index contributed by atoms with van der Waals surface area (Å²) in [5.74, 6) is 0.892.